The lowest BCUT2D eigenvalue weighted by Crippen LogP contribution is -2.26. The van der Waals surface area contributed by atoms with E-state index in [1.165, 1.54) is 128 Å². The van der Waals surface area contributed by atoms with Gasteiger partial charge in [-0.15, -0.1) is 0 Å². The van der Waals surface area contributed by atoms with Crippen LogP contribution >= 0.6 is 0 Å². The molecule has 0 radical (unpaired) electrons. The van der Waals surface area contributed by atoms with Crippen LogP contribution < -0.4 is 0 Å². The van der Waals surface area contributed by atoms with E-state index in [4.69, 9.17) is 0 Å². The van der Waals surface area contributed by atoms with Gasteiger partial charge in [0.05, 0.1) is 0 Å². The molecule has 0 heterocycles. The first-order valence-electron chi connectivity index (χ1n) is 19.3. The average molecular weight is 659 g/mol. The minimum Gasteiger partial charge on any atom is -0.0654 e. The maximum Gasteiger partial charge on any atom is 0.0228 e. The van der Waals surface area contributed by atoms with Gasteiger partial charge in [-0.05, 0) is 113 Å². The predicted octanol–water partition coefficient (Wildman–Crippen LogP) is 15.1. The van der Waals surface area contributed by atoms with Gasteiger partial charge in [-0.2, -0.15) is 0 Å². The Labute approximate surface area is 302 Å². The minimum atomic E-state index is -0.0813. The summed E-state index contributed by atoms with van der Waals surface area (Å²) < 4.78 is 0. The van der Waals surface area contributed by atoms with E-state index >= 15 is 0 Å². The third kappa shape index (κ3) is 5.10. The van der Waals surface area contributed by atoms with Crippen molar-refractivity contribution in [3.63, 3.8) is 0 Å². The van der Waals surface area contributed by atoms with Gasteiger partial charge in [0.25, 0.3) is 0 Å². The van der Waals surface area contributed by atoms with E-state index < -0.39 is 0 Å². The Bertz CT molecular complexity index is 2360. The lowest BCUT2D eigenvalue weighted by molar-refractivity contribution is 0.410. The van der Waals surface area contributed by atoms with Gasteiger partial charge in [0.2, 0.25) is 0 Å². The smallest absolute Gasteiger partial charge is 0.0228 e. The van der Waals surface area contributed by atoms with E-state index in [0.717, 1.165) is 0 Å². The highest BCUT2D eigenvalue weighted by Crippen LogP contribution is 2.62. The molecular weight excluding hydrogens is 613 g/mol. The van der Waals surface area contributed by atoms with Crippen molar-refractivity contribution in [2.45, 2.75) is 70.6 Å². The number of hydrogen-bond acceptors (Lipinski definition) is 0. The summed E-state index contributed by atoms with van der Waals surface area (Å²) in [6.07, 6.45) is 9.77. The summed E-state index contributed by atoms with van der Waals surface area (Å²) in [7, 11) is 0. The number of rotatable bonds is 10. The molecule has 250 valence electrons. The summed E-state index contributed by atoms with van der Waals surface area (Å²) in [6.45, 7) is 4.70. The molecule has 0 N–H and O–H groups in total. The van der Waals surface area contributed by atoms with Crippen LogP contribution in [0.25, 0.3) is 76.5 Å². The van der Waals surface area contributed by atoms with Gasteiger partial charge in [0.15, 0.2) is 0 Å². The molecule has 0 aromatic heterocycles. The van der Waals surface area contributed by atoms with Gasteiger partial charge in [-0.25, -0.2) is 0 Å². The van der Waals surface area contributed by atoms with Gasteiger partial charge in [0.1, 0.15) is 0 Å². The van der Waals surface area contributed by atoms with Crippen molar-refractivity contribution in [3.8, 4) is 33.4 Å². The highest BCUT2D eigenvalue weighted by molar-refractivity contribution is 6.26. The lowest BCUT2D eigenvalue weighted by Gasteiger charge is -2.35. The third-order valence-electron chi connectivity index (χ3n) is 11.9. The highest BCUT2D eigenvalue weighted by atomic mass is 14.5. The van der Waals surface area contributed by atoms with Gasteiger partial charge in [-0.3, -0.25) is 0 Å². The molecule has 8 aromatic rings. The van der Waals surface area contributed by atoms with Crippen LogP contribution in [0.3, 0.4) is 0 Å². The second-order valence-electron chi connectivity index (χ2n) is 14.8. The molecule has 0 saturated carbocycles. The number of benzene rings is 8. The molecule has 0 nitrogen and oxygen atoms in total. The lowest BCUT2D eigenvalue weighted by atomic mass is 9.68. The topological polar surface area (TPSA) is 0 Å². The Morgan fingerprint density at radius 2 is 0.725 bits per heavy atom. The Balaban J connectivity index is 1.45. The van der Waals surface area contributed by atoms with Crippen LogP contribution in [-0.4, -0.2) is 0 Å². The number of fused-ring (bicyclic) bond motifs is 13. The summed E-state index contributed by atoms with van der Waals surface area (Å²) in [5, 5.41) is 11.1. The summed E-state index contributed by atoms with van der Waals surface area (Å²) in [5.41, 5.74) is 11.2. The molecule has 0 atom stereocenters. The van der Waals surface area contributed by atoms with E-state index in [1.54, 1.807) is 11.1 Å². The van der Waals surface area contributed by atoms with Gasteiger partial charge >= 0.3 is 0 Å². The molecule has 8 aromatic carbocycles. The van der Waals surface area contributed by atoms with Gasteiger partial charge in [-0.1, -0.05) is 186 Å². The van der Waals surface area contributed by atoms with E-state index in [2.05, 4.69) is 159 Å². The van der Waals surface area contributed by atoms with E-state index in [0.29, 0.717) is 0 Å². The van der Waals surface area contributed by atoms with Crippen LogP contribution in [0.4, 0.5) is 0 Å². The summed E-state index contributed by atoms with van der Waals surface area (Å²) in [4.78, 5) is 0. The molecule has 0 unspecified atom stereocenters. The van der Waals surface area contributed by atoms with Crippen LogP contribution in [0.15, 0.2) is 146 Å². The molecule has 0 heteroatoms. The van der Waals surface area contributed by atoms with Crippen molar-refractivity contribution in [2.75, 3.05) is 0 Å². The van der Waals surface area contributed by atoms with Gasteiger partial charge < -0.3 is 0 Å². The maximum absolute atomic E-state index is 2.49. The summed E-state index contributed by atoms with van der Waals surface area (Å²) in [6, 6.07) is 55.1. The molecule has 0 amide bonds. The zero-order valence-electron chi connectivity index (χ0n) is 30.0. The zero-order valence-corrected chi connectivity index (χ0v) is 30.0. The minimum absolute atomic E-state index is 0.0813. The van der Waals surface area contributed by atoms with Gasteiger partial charge in [0, 0.05) is 5.41 Å². The van der Waals surface area contributed by atoms with Crippen LogP contribution in [0.5, 0.6) is 0 Å². The first kappa shape index (κ1) is 31.8. The highest BCUT2D eigenvalue weighted by Gasteiger charge is 2.46. The monoisotopic (exact) mass is 658 g/mol. The molecule has 1 aliphatic rings. The molecule has 0 spiro atoms. The number of hydrogen-bond donors (Lipinski definition) is 0. The Hall–Kier alpha value is -5.20. The average Bonchev–Trinajstić information content (AvgIpc) is 3.50. The Morgan fingerprint density at radius 3 is 1.14 bits per heavy atom. The maximum atomic E-state index is 2.49. The van der Waals surface area contributed by atoms with Crippen molar-refractivity contribution >= 4 is 43.1 Å². The first-order valence-corrected chi connectivity index (χ1v) is 19.3. The molecule has 0 saturated heterocycles. The molecule has 9 rings (SSSR count). The summed E-state index contributed by atoms with van der Waals surface area (Å²) in [5.74, 6) is 0. The first-order chi connectivity index (χ1) is 25.2. The molecular formula is C51H46. The Kier molecular flexibility index (Phi) is 8.20. The quantitative estimate of drug-likeness (QED) is 0.101. The zero-order chi connectivity index (χ0) is 34.4. The van der Waals surface area contributed by atoms with Crippen molar-refractivity contribution in [2.24, 2.45) is 0 Å². The van der Waals surface area contributed by atoms with Crippen molar-refractivity contribution in [1.29, 1.82) is 0 Å². The van der Waals surface area contributed by atoms with Crippen LogP contribution in [0.2, 0.25) is 0 Å². The van der Waals surface area contributed by atoms with E-state index in [1.807, 2.05) is 0 Å². The molecule has 0 bridgehead atoms. The predicted molar refractivity (Wildman–Crippen MR) is 222 cm³/mol. The van der Waals surface area contributed by atoms with Crippen LogP contribution in [-0.2, 0) is 5.41 Å². The fraction of sp³-hybridized carbons (Fsp3) is 0.216. The van der Waals surface area contributed by atoms with E-state index in [9.17, 15) is 0 Å². The third-order valence-corrected chi connectivity index (χ3v) is 11.9. The van der Waals surface area contributed by atoms with Crippen LogP contribution in [0.1, 0.15) is 76.3 Å². The standard InChI is InChI=1S/C51H46/c1-3-5-17-31-51(32-18-6-4-2)49-43-29-27-37(35-19-9-7-10-20-35)33-45(43)39-23-13-15-25-41(39)47(49)48-42-26-16-14-24-40(42)46-34-38(28-30-44(46)50(48)51)36-21-11-8-12-22-36/h7-16,19-30,33-34H,3-6,17-18,31-32H2,1-2H3. The normalized spacial score (nSPS) is 13.3. The SMILES string of the molecule is CCCCCC1(CCCCC)c2c(c3ccccc3c3cc(-c4ccccc4)ccc23)-c2c1c1ccc(-c3ccccc3)cc1c1ccccc21. The molecule has 1 aliphatic carbocycles. The fourth-order valence-corrected chi connectivity index (χ4v) is 9.62. The molecule has 0 aliphatic heterocycles. The van der Waals surface area contributed by atoms with Crippen molar-refractivity contribution in [1.82, 2.24) is 0 Å². The van der Waals surface area contributed by atoms with Crippen molar-refractivity contribution < 1.29 is 0 Å². The van der Waals surface area contributed by atoms with E-state index in [-0.39, 0.29) is 5.41 Å². The Morgan fingerprint density at radius 1 is 0.333 bits per heavy atom. The molecule has 0 fully saturated rings. The second-order valence-corrected chi connectivity index (χ2v) is 14.8. The largest absolute Gasteiger partial charge is 0.0654 e. The van der Waals surface area contributed by atoms with Crippen molar-refractivity contribution in [3.05, 3.63) is 157 Å². The molecule has 51 heavy (non-hydrogen) atoms. The fourth-order valence-electron chi connectivity index (χ4n) is 9.62. The second kappa shape index (κ2) is 13.2. The number of unbranched alkanes of at least 4 members (excludes halogenated alkanes) is 4. The van der Waals surface area contributed by atoms with Crippen LogP contribution in [0, 0.1) is 0 Å². The summed E-state index contributed by atoms with van der Waals surface area (Å²) >= 11 is 0.